The molecular weight excluding hydrogens is 258 g/mol. The summed E-state index contributed by atoms with van der Waals surface area (Å²) < 4.78 is 5.52. The monoisotopic (exact) mass is 271 g/mol. The number of carbonyl (C=O) groups is 1. The van der Waals surface area contributed by atoms with Gasteiger partial charge in [0.2, 0.25) is 0 Å². The fourth-order valence-electron chi connectivity index (χ4n) is 1.93. The molecule has 3 rings (SSSR count). The van der Waals surface area contributed by atoms with Crippen molar-refractivity contribution < 1.29 is 9.21 Å². The number of nitrogens with one attached hydrogen (secondary N) is 1. The maximum atomic E-state index is 12.0. The second-order valence-corrected chi connectivity index (χ2v) is 5.36. The van der Waals surface area contributed by atoms with Gasteiger partial charge in [-0.05, 0) is 36.1 Å². The molecule has 0 fully saturated rings. The Bertz CT molecular complexity index is 693. The molecule has 0 atom stereocenters. The highest BCUT2D eigenvalue weighted by atomic mass is 32.1. The Morgan fingerprint density at radius 2 is 2.16 bits per heavy atom. The quantitative estimate of drug-likeness (QED) is 0.788. The van der Waals surface area contributed by atoms with E-state index in [1.54, 1.807) is 17.4 Å². The molecule has 0 unspecified atom stereocenters. The van der Waals surface area contributed by atoms with Crippen LogP contribution in [-0.2, 0) is 6.54 Å². The third kappa shape index (κ3) is 2.39. The van der Waals surface area contributed by atoms with Crippen molar-refractivity contribution in [1.82, 2.24) is 5.32 Å². The van der Waals surface area contributed by atoms with E-state index in [2.05, 4.69) is 5.32 Å². The molecule has 0 aliphatic rings. The lowest BCUT2D eigenvalue weighted by Gasteiger charge is -2.01. The molecule has 0 saturated carbocycles. The standard InChI is InChI=1S/C15H13NO2S/c1-10-6-7-19-14(10)9-16-15(17)13-8-11-4-2-3-5-12(11)18-13/h2-8H,9H2,1H3,(H,16,17). The molecule has 2 heterocycles. The fourth-order valence-corrected chi connectivity index (χ4v) is 2.77. The first-order chi connectivity index (χ1) is 9.24. The van der Waals surface area contributed by atoms with Crippen LogP contribution < -0.4 is 5.32 Å². The average molecular weight is 271 g/mol. The molecule has 1 amide bonds. The number of amides is 1. The van der Waals surface area contributed by atoms with Crippen LogP contribution in [0.25, 0.3) is 11.0 Å². The van der Waals surface area contributed by atoms with E-state index in [1.165, 1.54) is 10.4 Å². The molecule has 0 aliphatic carbocycles. The SMILES string of the molecule is Cc1ccsc1CNC(=O)c1cc2ccccc2o1. The van der Waals surface area contributed by atoms with E-state index >= 15 is 0 Å². The number of fused-ring (bicyclic) bond motifs is 1. The molecule has 0 spiro atoms. The van der Waals surface area contributed by atoms with Crippen molar-refractivity contribution in [3.8, 4) is 0 Å². The maximum Gasteiger partial charge on any atom is 0.287 e. The molecular formula is C15H13NO2S. The Hall–Kier alpha value is -2.07. The number of rotatable bonds is 3. The average Bonchev–Trinajstić information content (AvgIpc) is 3.01. The van der Waals surface area contributed by atoms with Crippen molar-refractivity contribution in [3.05, 3.63) is 58.0 Å². The summed E-state index contributed by atoms with van der Waals surface area (Å²) in [5.41, 5.74) is 1.94. The van der Waals surface area contributed by atoms with Crippen molar-refractivity contribution in [2.75, 3.05) is 0 Å². The van der Waals surface area contributed by atoms with Gasteiger partial charge in [0, 0.05) is 10.3 Å². The van der Waals surface area contributed by atoms with E-state index < -0.39 is 0 Å². The fraction of sp³-hybridized carbons (Fsp3) is 0.133. The molecule has 19 heavy (non-hydrogen) atoms. The van der Waals surface area contributed by atoms with Crippen LogP contribution in [-0.4, -0.2) is 5.91 Å². The van der Waals surface area contributed by atoms with Gasteiger partial charge in [-0.1, -0.05) is 18.2 Å². The Morgan fingerprint density at radius 3 is 2.89 bits per heavy atom. The maximum absolute atomic E-state index is 12.0. The highest BCUT2D eigenvalue weighted by Crippen LogP contribution is 2.19. The summed E-state index contributed by atoms with van der Waals surface area (Å²) in [6.45, 7) is 2.58. The van der Waals surface area contributed by atoms with Gasteiger partial charge in [0.25, 0.3) is 5.91 Å². The van der Waals surface area contributed by atoms with Gasteiger partial charge in [0.1, 0.15) is 5.58 Å². The van der Waals surface area contributed by atoms with Gasteiger partial charge in [-0.25, -0.2) is 0 Å². The first-order valence-corrected chi connectivity index (χ1v) is 6.92. The summed E-state index contributed by atoms with van der Waals surface area (Å²) in [5.74, 6) is 0.180. The number of hydrogen-bond acceptors (Lipinski definition) is 3. The van der Waals surface area contributed by atoms with Crippen molar-refractivity contribution in [2.45, 2.75) is 13.5 Å². The van der Waals surface area contributed by atoms with Gasteiger partial charge in [-0.3, -0.25) is 4.79 Å². The van der Waals surface area contributed by atoms with Crippen LogP contribution >= 0.6 is 11.3 Å². The molecule has 1 N–H and O–H groups in total. The van der Waals surface area contributed by atoms with E-state index in [4.69, 9.17) is 4.42 Å². The summed E-state index contributed by atoms with van der Waals surface area (Å²) in [6, 6.07) is 11.4. The lowest BCUT2D eigenvalue weighted by molar-refractivity contribution is 0.0925. The minimum atomic E-state index is -0.177. The predicted octanol–water partition coefficient (Wildman–Crippen LogP) is 3.73. The summed E-state index contributed by atoms with van der Waals surface area (Å²) in [4.78, 5) is 13.2. The third-order valence-electron chi connectivity index (χ3n) is 3.03. The molecule has 3 nitrogen and oxygen atoms in total. The first-order valence-electron chi connectivity index (χ1n) is 6.04. The van der Waals surface area contributed by atoms with Gasteiger partial charge in [-0.15, -0.1) is 11.3 Å². The van der Waals surface area contributed by atoms with E-state index in [-0.39, 0.29) is 5.91 Å². The zero-order valence-corrected chi connectivity index (χ0v) is 11.3. The number of thiophene rings is 1. The van der Waals surface area contributed by atoms with Gasteiger partial charge in [-0.2, -0.15) is 0 Å². The van der Waals surface area contributed by atoms with Crippen LogP contribution in [0.2, 0.25) is 0 Å². The summed E-state index contributed by atoms with van der Waals surface area (Å²) in [7, 11) is 0. The van der Waals surface area contributed by atoms with E-state index in [0.717, 1.165) is 11.0 Å². The summed E-state index contributed by atoms with van der Waals surface area (Å²) >= 11 is 1.65. The molecule has 0 saturated heterocycles. The van der Waals surface area contributed by atoms with E-state index in [9.17, 15) is 4.79 Å². The topological polar surface area (TPSA) is 42.2 Å². The molecule has 4 heteroatoms. The Morgan fingerprint density at radius 1 is 1.32 bits per heavy atom. The van der Waals surface area contributed by atoms with Crippen molar-refractivity contribution in [3.63, 3.8) is 0 Å². The Kier molecular flexibility index (Phi) is 3.09. The van der Waals surface area contributed by atoms with Gasteiger partial charge in [0.05, 0.1) is 6.54 Å². The Labute approximate surface area is 114 Å². The summed E-state index contributed by atoms with van der Waals surface area (Å²) in [6.07, 6.45) is 0. The number of carbonyl (C=O) groups excluding carboxylic acids is 1. The summed E-state index contributed by atoms with van der Waals surface area (Å²) in [5, 5.41) is 5.85. The van der Waals surface area contributed by atoms with Crippen LogP contribution in [0.3, 0.4) is 0 Å². The van der Waals surface area contributed by atoms with Crippen molar-refractivity contribution in [2.24, 2.45) is 0 Å². The van der Waals surface area contributed by atoms with Crippen molar-refractivity contribution >= 4 is 28.2 Å². The first kappa shape index (κ1) is 12.0. The minimum absolute atomic E-state index is 0.177. The number of hydrogen-bond donors (Lipinski definition) is 1. The minimum Gasteiger partial charge on any atom is -0.451 e. The van der Waals surface area contributed by atoms with Crippen LogP contribution in [0.1, 0.15) is 21.0 Å². The lowest BCUT2D eigenvalue weighted by atomic mass is 10.2. The lowest BCUT2D eigenvalue weighted by Crippen LogP contribution is -2.22. The second kappa shape index (κ2) is 4.90. The van der Waals surface area contributed by atoms with E-state index in [0.29, 0.717) is 12.3 Å². The third-order valence-corrected chi connectivity index (χ3v) is 4.05. The number of furan rings is 1. The molecule has 0 radical (unpaired) electrons. The Balaban J connectivity index is 1.75. The van der Waals surface area contributed by atoms with Gasteiger partial charge < -0.3 is 9.73 Å². The number of aryl methyl sites for hydroxylation is 1. The zero-order chi connectivity index (χ0) is 13.2. The molecule has 0 aliphatic heterocycles. The smallest absolute Gasteiger partial charge is 0.287 e. The normalized spacial score (nSPS) is 10.8. The van der Waals surface area contributed by atoms with Crippen molar-refractivity contribution in [1.29, 1.82) is 0 Å². The second-order valence-electron chi connectivity index (χ2n) is 4.36. The number of para-hydroxylation sites is 1. The molecule has 2 aromatic heterocycles. The van der Waals surface area contributed by atoms with Gasteiger partial charge in [0.15, 0.2) is 5.76 Å². The molecule has 0 bridgehead atoms. The largest absolute Gasteiger partial charge is 0.451 e. The molecule has 96 valence electrons. The van der Waals surface area contributed by atoms with Crippen LogP contribution in [0.5, 0.6) is 0 Å². The molecule has 3 aromatic rings. The van der Waals surface area contributed by atoms with Gasteiger partial charge >= 0.3 is 0 Å². The van der Waals surface area contributed by atoms with Crippen LogP contribution in [0.15, 0.2) is 46.2 Å². The highest BCUT2D eigenvalue weighted by Gasteiger charge is 2.12. The van der Waals surface area contributed by atoms with E-state index in [1.807, 2.05) is 42.6 Å². The predicted molar refractivity (Wildman–Crippen MR) is 76.4 cm³/mol. The highest BCUT2D eigenvalue weighted by molar-refractivity contribution is 7.10. The van der Waals surface area contributed by atoms with Crippen LogP contribution in [0.4, 0.5) is 0 Å². The number of benzene rings is 1. The van der Waals surface area contributed by atoms with Crippen LogP contribution in [0, 0.1) is 6.92 Å². The zero-order valence-electron chi connectivity index (χ0n) is 10.5. The molecule has 1 aromatic carbocycles.